The van der Waals surface area contributed by atoms with Crippen molar-refractivity contribution in [1.29, 1.82) is 0 Å². The van der Waals surface area contributed by atoms with E-state index in [0.717, 1.165) is 11.8 Å². The number of carbonyl (C=O) groups is 1. The van der Waals surface area contributed by atoms with Gasteiger partial charge in [-0.15, -0.1) is 0 Å². The largest absolute Gasteiger partial charge is 0.294 e. The zero-order valence-electron chi connectivity index (χ0n) is 9.94. The van der Waals surface area contributed by atoms with E-state index in [2.05, 4.69) is 0 Å². The van der Waals surface area contributed by atoms with Gasteiger partial charge in [-0.25, -0.2) is 0 Å². The molecule has 1 aromatic carbocycles. The van der Waals surface area contributed by atoms with Crippen LogP contribution in [0.4, 0.5) is 0 Å². The highest BCUT2D eigenvalue weighted by Crippen LogP contribution is 2.24. The molecule has 0 amide bonds. The minimum absolute atomic E-state index is 0.0903. The molecule has 1 aliphatic carbocycles. The van der Waals surface area contributed by atoms with Crippen LogP contribution in [-0.2, 0) is 25.5 Å². The van der Waals surface area contributed by atoms with Gasteiger partial charge < -0.3 is 0 Å². The molecule has 1 aromatic rings. The molecular weight excluding hydrogens is 252 g/mol. The molecule has 2 atom stereocenters. The zero-order chi connectivity index (χ0) is 13.2. The third-order valence-electron chi connectivity index (χ3n) is 2.80. The number of hydrogen-bond acceptors (Lipinski definition) is 4. The topological polar surface area (TPSA) is 60.4 Å². The van der Waals surface area contributed by atoms with Gasteiger partial charge in [-0.1, -0.05) is 36.4 Å². The first-order chi connectivity index (χ1) is 8.46. The van der Waals surface area contributed by atoms with Crippen molar-refractivity contribution < 1.29 is 17.4 Å². The third-order valence-corrected chi connectivity index (χ3v) is 3.37. The van der Waals surface area contributed by atoms with Gasteiger partial charge >= 0.3 is 0 Å². The number of carbonyl (C=O) groups excluding carboxylic acids is 1. The van der Waals surface area contributed by atoms with Crippen molar-refractivity contribution in [3.8, 4) is 0 Å². The smallest absolute Gasteiger partial charge is 0.264 e. The van der Waals surface area contributed by atoms with Gasteiger partial charge in [0.05, 0.1) is 12.2 Å². The van der Waals surface area contributed by atoms with Gasteiger partial charge in [0.1, 0.15) is 6.10 Å². The first-order valence-electron chi connectivity index (χ1n) is 5.60. The van der Waals surface area contributed by atoms with Crippen molar-refractivity contribution in [2.75, 3.05) is 6.26 Å². The molecule has 0 aromatic heterocycles. The molecule has 0 spiro atoms. The normalized spacial score (nSPS) is 23.5. The summed E-state index contributed by atoms with van der Waals surface area (Å²) < 4.78 is 27.2. The van der Waals surface area contributed by atoms with Gasteiger partial charge in [-0.2, -0.15) is 8.42 Å². The molecule has 5 heteroatoms. The number of rotatable bonds is 4. The molecule has 2 rings (SSSR count). The Balaban J connectivity index is 2.13. The molecule has 1 aliphatic rings. The second-order valence-corrected chi connectivity index (χ2v) is 5.92. The summed E-state index contributed by atoms with van der Waals surface area (Å²) in [6.07, 6.45) is 3.68. The molecule has 0 aliphatic heterocycles. The fourth-order valence-corrected chi connectivity index (χ4v) is 2.60. The maximum atomic E-state index is 11.7. The van der Waals surface area contributed by atoms with Gasteiger partial charge in [0, 0.05) is 0 Å². The molecular formula is C13H14O4S. The summed E-state index contributed by atoms with van der Waals surface area (Å²) in [7, 11) is -3.56. The summed E-state index contributed by atoms with van der Waals surface area (Å²) in [5.41, 5.74) is 0.988. The first-order valence-corrected chi connectivity index (χ1v) is 7.41. The molecule has 0 saturated carbocycles. The molecule has 18 heavy (non-hydrogen) atoms. The van der Waals surface area contributed by atoms with Crippen molar-refractivity contribution in [2.24, 2.45) is 5.92 Å². The Labute approximate surface area is 106 Å². The highest BCUT2D eigenvalue weighted by Gasteiger charge is 2.33. The van der Waals surface area contributed by atoms with Crippen LogP contribution < -0.4 is 0 Å². The SMILES string of the molecule is CS(=O)(=O)O[C@@H]1C=CC(=O)[C@H]1Cc1ccccc1. The van der Waals surface area contributed by atoms with E-state index in [1.54, 1.807) is 0 Å². The molecule has 0 saturated heterocycles. The van der Waals surface area contributed by atoms with Gasteiger partial charge in [0.2, 0.25) is 0 Å². The molecule has 0 heterocycles. The monoisotopic (exact) mass is 266 g/mol. The summed E-state index contributed by atoms with van der Waals surface area (Å²) in [5, 5.41) is 0. The number of ketones is 1. The standard InChI is InChI=1S/C13H14O4S/c1-18(15,16)17-13-8-7-12(14)11(13)9-10-5-3-2-4-6-10/h2-8,11,13H,9H2,1H3/t11-,13-/m1/s1. The summed E-state index contributed by atoms with van der Waals surface area (Å²) in [5.74, 6) is -0.547. The van der Waals surface area contributed by atoms with E-state index < -0.39 is 22.1 Å². The van der Waals surface area contributed by atoms with Gasteiger partial charge in [-0.05, 0) is 18.1 Å². The van der Waals surface area contributed by atoms with Crippen LogP contribution in [0, 0.1) is 5.92 Å². The van der Waals surface area contributed by atoms with E-state index in [1.807, 2.05) is 30.3 Å². The van der Waals surface area contributed by atoms with Gasteiger partial charge in [0.15, 0.2) is 5.78 Å². The number of benzene rings is 1. The van der Waals surface area contributed by atoms with Crippen LogP contribution in [0.2, 0.25) is 0 Å². The fraction of sp³-hybridized carbons (Fsp3) is 0.308. The Bertz CT molecular complexity index is 560. The zero-order valence-corrected chi connectivity index (χ0v) is 10.8. The molecule has 0 N–H and O–H groups in total. The Kier molecular flexibility index (Phi) is 3.63. The van der Waals surface area contributed by atoms with Crippen LogP contribution in [-0.4, -0.2) is 26.6 Å². The van der Waals surface area contributed by atoms with E-state index >= 15 is 0 Å². The lowest BCUT2D eigenvalue weighted by Gasteiger charge is -2.17. The predicted octanol–water partition coefficient (Wildman–Crippen LogP) is 1.33. The summed E-state index contributed by atoms with van der Waals surface area (Å²) in [4.78, 5) is 11.7. The van der Waals surface area contributed by atoms with E-state index in [9.17, 15) is 13.2 Å². The summed E-state index contributed by atoms with van der Waals surface area (Å²) in [6.45, 7) is 0. The van der Waals surface area contributed by atoms with Crippen LogP contribution in [0.1, 0.15) is 5.56 Å². The van der Waals surface area contributed by atoms with Crippen LogP contribution in [0.3, 0.4) is 0 Å². The van der Waals surface area contributed by atoms with E-state index in [1.165, 1.54) is 12.2 Å². The minimum Gasteiger partial charge on any atom is -0.294 e. The second-order valence-electron chi connectivity index (χ2n) is 4.32. The number of hydrogen-bond donors (Lipinski definition) is 0. The lowest BCUT2D eigenvalue weighted by atomic mass is 9.95. The molecule has 0 bridgehead atoms. The van der Waals surface area contributed by atoms with Crippen LogP contribution in [0.25, 0.3) is 0 Å². The van der Waals surface area contributed by atoms with Gasteiger partial charge in [0.25, 0.3) is 10.1 Å². The highest BCUT2D eigenvalue weighted by atomic mass is 32.2. The molecule has 4 nitrogen and oxygen atoms in total. The maximum absolute atomic E-state index is 11.7. The highest BCUT2D eigenvalue weighted by molar-refractivity contribution is 7.86. The molecule has 0 fully saturated rings. The lowest BCUT2D eigenvalue weighted by molar-refractivity contribution is -0.118. The van der Waals surface area contributed by atoms with Crippen LogP contribution in [0.5, 0.6) is 0 Å². The van der Waals surface area contributed by atoms with Crippen molar-refractivity contribution >= 4 is 15.9 Å². The van der Waals surface area contributed by atoms with Crippen molar-refractivity contribution in [3.63, 3.8) is 0 Å². The first kappa shape index (κ1) is 13.0. The van der Waals surface area contributed by atoms with Crippen molar-refractivity contribution in [3.05, 3.63) is 48.0 Å². The lowest BCUT2D eigenvalue weighted by Crippen LogP contribution is -2.27. The Hall–Kier alpha value is -1.46. The summed E-state index contributed by atoms with van der Waals surface area (Å²) >= 11 is 0. The van der Waals surface area contributed by atoms with E-state index in [-0.39, 0.29) is 5.78 Å². The fourth-order valence-electron chi connectivity index (χ4n) is 2.00. The predicted molar refractivity (Wildman–Crippen MR) is 67.5 cm³/mol. The Morgan fingerprint density at radius 1 is 1.22 bits per heavy atom. The third kappa shape index (κ3) is 3.27. The quantitative estimate of drug-likeness (QED) is 0.771. The average Bonchev–Trinajstić information content (AvgIpc) is 2.61. The molecule has 0 unspecified atom stereocenters. The second kappa shape index (κ2) is 5.04. The minimum atomic E-state index is -3.56. The van der Waals surface area contributed by atoms with Crippen molar-refractivity contribution in [2.45, 2.75) is 12.5 Å². The molecule has 0 radical (unpaired) electrons. The van der Waals surface area contributed by atoms with Crippen LogP contribution in [0.15, 0.2) is 42.5 Å². The van der Waals surface area contributed by atoms with Crippen LogP contribution >= 0.6 is 0 Å². The molecule has 96 valence electrons. The van der Waals surface area contributed by atoms with E-state index in [4.69, 9.17) is 4.18 Å². The van der Waals surface area contributed by atoms with Gasteiger partial charge in [-0.3, -0.25) is 8.98 Å². The Morgan fingerprint density at radius 3 is 2.50 bits per heavy atom. The Morgan fingerprint density at radius 2 is 1.89 bits per heavy atom. The average molecular weight is 266 g/mol. The summed E-state index contributed by atoms with van der Waals surface area (Å²) in [6, 6.07) is 9.47. The number of allylic oxidation sites excluding steroid dienone is 1. The van der Waals surface area contributed by atoms with E-state index in [0.29, 0.717) is 6.42 Å². The van der Waals surface area contributed by atoms with Crippen molar-refractivity contribution in [1.82, 2.24) is 0 Å². The maximum Gasteiger partial charge on any atom is 0.264 e.